The van der Waals surface area contributed by atoms with Crippen molar-refractivity contribution in [2.24, 2.45) is 11.7 Å². The lowest BCUT2D eigenvalue weighted by molar-refractivity contribution is 0.233. The topological polar surface area (TPSA) is 66.6 Å². The molecule has 2 heterocycles. The highest BCUT2D eigenvalue weighted by atomic mass is 32.2. The van der Waals surface area contributed by atoms with Crippen LogP contribution in [0.1, 0.15) is 39.0 Å². The van der Waals surface area contributed by atoms with Crippen LogP contribution >= 0.6 is 0 Å². The predicted molar refractivity (Wildman–Crippen MR) is 72.3 cm³/mol. The highest BCUT2D eigenvalue weighted by molar-refractivity contribution is 7.86. The maximum absolute atomic E-state index is 12.6. The molecule has 0 spiro atoms. The molecule has 18 heavy (non-hydrogen) atoms. The molecule has 2 fully saturated rings. The third kappa shape index (κ3) is 3.04. The van der Waals surface area contributed by atoms with Crippen molar-refractivity contribution in [2.75, 3.05) is 26.2 Å². The van der Waals surface area contributed by atoms with Crippen molar-refractivity contribution in [2.45, 2.75) is 45.1 Å². The Balaban J connectivity index is 2.05. The second kappa shape index (κ2) is 5.86. The second-order valence-corrected chi connectivity index (χ2v) is 7.54. The predicted octanol–water partition coefficient (Wildman–Crippen LogP) is 0.776. The summed E-state index contributed by atoms with van der Waals surface area (Å²) < 4.78 is 28.4. The summed E-state index contributed by atoms with van der Waals surface area (Å²) in [5.41, 5.74) is 5.95. The van der Waals surface area contributed by atoms with Gasteiger partial charge in [0.1, 0.15) is 0 Å². The highest BCUT2D eigenvalue weighted by Gasteiger charge is 2.34. The molecule has 2 rings (SSSR count). The molecule has 6 heteroatoms. The van der Waals surface area contributed by atoms with Crippen molar-refractivity contribution in [3.8, 4) is 0 Å². The molecule has 2 saturated heterocycles. The summed E-state index contributed by atoms with van der Waals surface area (Å²) in [5, 5.41) is 0. The van der Waals surface area contributed by atoms with Gasteiger partial charge in [-0.25, -0.2) is 0 Å². The van der Waals surface area contributed by atoms with Crippen LogP contribution in [0.3, 0.4) is 0 Å². The van der Waals surface area contributed by atoms with Gasteiger partial charge < -0.3 is 5.73 Å². The van der Waals surface area contributed by atoms with Gasteiger partial charge in [-0.3, -0.25) is 0 Å². The molecule has 2 unspecified atom stereocenters. The number of piperidine rings is 1. The van der Waals surface area contributed by atoms with E-state index >= 15 is 0 Å². The lowest BCUT2D eigenvalue weighted by Crippen LogP contribution is -2.52. The average Bonchev–Trinajstić information content (AvgIpc) is 2.61. The van der Waals surface area contributed by atoms with Gasteiger partial charge in [0.2, 0.25) is 0 Å². The Kier molecular flexibility index (Phi) is 4.64. The van der Waals surface area contributed by atoms with Crippen molar-refractivity contribution < 1.29 is 8.42 Å². The minimum absolute atomic E-state index is 0.139. The Morgan fingerprint density at radius 2 is 1.61 bits per heavy atom. The number of rotatable bonds is 2. The lowest BCUT2D eigenvalue weighted by Gasteiger charge is -2.36. The molecular weight excluding hydrogens is 250 g/mol. The van der Waals surface area contributed by atoms with Gasteiger partial charge in [-0.05, 0) is 25.2 Å². The van der Waals surface area contributed by atoms with E-state index in [-0.39, 0.29) is 12.0 Å². The quantitative estimate of drug-likeness (QED) is 0.809. The van der Waals surface area contributed by atoms with Gasteiger partial charge >= 0.3 is 0 Å². The van der Waals surface area contributed by atoms with E-state index in [1.807, 2.05) is 6.92 Å². The molecule has 2 N–H and O–H groups in total. The summed E-state index contributed by atoms with van der Waals surface area (Å²) in [5.74, 6) is 0.250. The Labute approximate surface area is 110 Å². The van der Waals surface area contributed by atoms with Crippen molar-refractivity contribution in [3.63, 3.8) is 0 Å². The standard InChI is InChI=1S/C12H25N3O2S/c1-11-10-15(9-6-12(11)13)18(16,17)14-7-4-2-3-5-8-14/h11-12H,2-10,13H2,1H3. The Bertz CT molecular complexity index is 364. The average molecular weight is 275 g/mol. The number of nitrogens with two attached hydrogens (primary N) is 1. The van der Waals surface area contributed by atoms with E-state index in [1.54, 1.807) is 8.61 Å². The minimum Gasteiger partial charge on any atom is -0.327 e. The Morgan fingerprint density at radius 3 is 2.17 bits per heavy atom. The molecule has 0 bridgehead atoms. The van der Waals surface area contributed by atoms with Crippen LogP contribution < -0.4 is 5.73 Å². The van der Waals surface area contributed by atoms with E-state index in [4.69, 9.17) is 5.73 Å². The first kappa shape index (κ1) is 14.2. The summed E-state index contributed by atoms with van der Waals surface area (Å²) in [7, 11) is -3.25. The fourth-order valence-corrected chi connectivity index (χ4v) is 4.58. The van der Waals surface area contributed by atoms with Gasteiger partial charge in [0.05, 0.1) is 0 Å². The monoisotopic (exact) mass is 275 g/mol. The molecule has 0 aliphatic carbocycles. The molecule has 0 radical (unpaired) electrons. The number of hydrogen-bond donors (Lipinski definition) is 1. The zero-order valence-corrected chi connectivity index (χ0v) is 12.0. The molecule has 0 aromatic heterocycles. The van der Waals surface area contributed by atoms with Crippen LogP contribution in [0.15, 0.2) is 0 Å². The highest BCUT2D eigenvalue weighted by Crippen LogP contribution is 2.22. The van der Waals surface area contributed by atoms with Gasteiger partial charge in [-0.1, -0.05) is 19.8 Å². The molecular formula is C12H25N3O2S. The molecule has 2 aliphatic rings. The molecule has 0 amide bonds. The zero-order valence-electron chi connectivity index (χ0n) is 11.2. The molecule has 2 aliphatic heterocycles. The smallest absolute Gasteiger partial charge is 0.281 e. The van der Waals surface area contributed by atoms with Crippen LogP contribution in [-0.2, 0) is 10.2 Å². The molecule has 106 valence electrons. The van der Waals surface area contributed by atoms with E-state index in [0.29, 0.717) is 26.2 Å². The first-order chi connectivity index (χ1) is 8.51. The van der Waals surface area contributed by atoms with Gasteiger partial charge in [0, 0.05) is 32.2 Å². The number of hydrogen-bond acceptors (Lipinski definition) is 3. The van der Waals surface area contributed by atoms with E-state index in [1.165, 1.54) is 0 Å². The third-order valence-corrected chi connectivity index (χ3v) is 6.15. The van der Waals surface area contributed by atoms with Crippen LogP contribution in [0.5, 0.6) is 0 Å². The Hall–Kier alpha value is -0.170. The van der Waals surface area contributed by atoms with Crippen LogP contribution in [0.4, 0.5) is 0 Å². The summed E-state index contributed by atoms with van der Waals surface area (Å²) in [6.45, 7) is 4.54. The molecule has 5 nitrogen and oxygen atoms in total. The fraction of sp³-hybridized carbons (Fsp3) is 1.00. The maximum Gasteiger partial charge on any atom is 0.281 e. The van der Waals surface area contributed by atoms with Crippen LogP contribution in [0, 0.1) is 5.92 Å². The third-order valence-electron chi connectivity index (χ3n) is 4.15. The van der Waals surface area contributed by atoms with Crippen LogP contribution in [0.2, 0.25) is 0 Å². The normalized spacial score (nSPS) is 33.2. The minimum atomic E-state index is -3.25. The molecule has 0 aromatic rings. The number of nitrogens with zero attached hydrogens (tertiary/aromatic N) is 2. The van der Waals surface area contributed by atoms with E-state index in [9.17, 15) is 8.42 Å². The second-order valence-electron chi connectivity index (χ2n) is 5.61. The van der Waals surface area contributed by atoms with Gasteiger partial charge in [-0.15, -0.1) is 0 Å². The largest absolute Gasteiger partial charge is 0.327 e. The Morgan fingerprint density at radius 1 is 1.00 bits per heavy atom. The van der Waals surface area contributed by atoms with Gasteiger partial charge in [-0.2, -0.15) is 17.0 Å². The SMILES string of the molecule is CC1CN(S(=O)(=O)N2CCCCCC2)CCC1N. The summed E-state index contributed by atoms with van der Waals surface area (Å²) in [4.78, 5) is 0. The van der Waals surface area contributed by atoms with E-state index in [0.717, 1.165) is 32.1 Å². The molecule has 0 saturated carbocycles. The zero-order chi connectivity index (χ0) is 13.2. The summed E-state index contributed by atoms with van der Waals surface area (Å²) in [6, 6.07) is 0.139. The van der Waals surface area contributed by atoms with Crippen LogP contribution in [-0.4, -0.2) is 49.2 Å². The first-order valence-electron chi connectivity index (χ1n) is 7.02. The van der Waals surface area contributed by atoms with E-state index < -0.39 is 10.2 Å². The lowest BCUT2D eigenvalue weighted by atomic mass is 9.96. The van der Waals surface area contributed by atoms with Crippen molar-refractivity contribution in [1.29, 1.82) is 0 Å². The molecule has 0 aromatic carbocycles. The van der Waals surface area contributed by atoms with Crippen molar-refractivity contribution in [1.82, 2.24) is 8.61 Å². The molecule has 2 atom stereocenters. The van der Waals surface area contributed by atoms with Gasteiger partial charge in [0.15, 0.2) is 0 Å². The van der Waals surface area contributed by atoms with Gasteiger partial charge in [0.25, 0.3) is 10.2 Å². The van der Waals surface area contributed by atoms with E-state index in [2.05, 4.69) is 0 Å². The first-order valence-corrected chi connectivity index (χ1v) is 8.42. The van der Waals surface area contributed by atoms with Crippen molar-refractivity contribution in [3.05, 3.63) is 0 Å². The maximum atomic E-state index is 12.6. The summed E-state index contributed by atoms with van der Waals surface area (Å²) in [6.07, 6.45) is 5.04. The summed E-state index contributed by atoms with van der Waals surface area (Å²) >= 11 is 0. The van der Waals surface area contributed by atoms with Crippen LogP contribution in [0.25, 0.3) is 0 Å². The fourth-order valence-electron chi connectivity index (χ4n) is 2.77. The van der Waals surface area contributed by atoms with Crippen molar-refractivity contribution >= 4 is 10.2 Å².